The van der Waals surface area contributed by atoms with Crippen LogP contribution in [-0.2, 0) is 15.8 Å². The number of aliphatic hydroxyl groups is 1. The number of fused-ring (bicyclic) bond motifs is 1. The molecule has 0 saturated heterocycles. The zero-order valence-electron chi connectivity index (χ0n) is 12.5. The van der Waals surface area contributed by atoms with Crippen molar-refractivity contribution in [2.24, 2.45) is 5.41 Å². The molecular weight excluding hydrogens is 240 g/mol. The molecule has 1 atom stereocenters. The molecule has 1 aliphatic rings. The minimum absolute atomic E-state index is 0.168. The van der Waals surface area contributed by atoms with E-state index in [0.29, 0.717) is 11.3 Å². The second kappa shape index (κ2) is 3.83. The van der Waals surface area contributed by atoms with E-state index in [-0.39, 0.29) is 5.41 Å². The van der Waals surface area contributed by atoms with Crippen molar-refractivity contribution in [3.63, 3.8) is 0 Å². The zero-order valence-corrected chi connectivity index (χ0v) is 12.5. The van der Waals surface area contributed by atoms with Gasteiger partial charge in [-0.25, -0.2) is 4.79 Å². The Morgan fingerprint density at radius 2 is 1.68 bits per heavy atom. The first kappa shape index (κ1) is 14.1. The summed E-state index contributed by atoms with van der Waals surface area (Å²) in [6.07, 6.45) is 0. The Balaban J connectivity index is 2.79. The molecule has 0 aromatic heterocycles. The largest absolute Gasteiger partial charge is 0.424 e. The molecular formula is C16H22O3. The van der Waals surface area contributed by atoms with E-state index in [9.17, 15) is 9.90 Å². The van der Waals surface area contributed by atoms with Crippen molar-refractivity contribution >= 4 is 5.97 Å². The molecule has 19 heavy (non-hydrogen) atoms. The van der Waals surface area contributed by atoms with E-state index in [1.54, 1.807) is 6.07 Å². The minimum atomic E-state index is -1.59. The van der Waals surface area contributed by atoms with Crippen LogP contribution in [0.5, 0.6) is 5.75 Å². The van der Waals surface area contributed by atoms with Gasteiger partial charge in [0.2, 0.25) is 0 Å². The molecule has 104 valence electrons. The fourth-order valence-electron chi connectivity index (χ4n) is 2.57. The predicted octanol–water partition coefficient (Wildman–Crippen LogP) is 3.14. The number of hydrogen-bond donors (Lipinski definition) is 1. The van der Waals surface area contributed by atoms with E-state index < -0.39 is 17.0 Å². The number of esters is 1. The van der Waals surface area contributed by atoms with E-state index in [4.69, 9.17) is 4.74 Å². The van der Waals surface area contributed by atoms with Crippen molar-refractivity contribution in [1.82, 2.24) is 0 Å². The van der Waals surface area contributed by atoms with Crippen molar-refractivity contribution in [2.45, 2.75) is 52.6 Å². The van der Waals surface area contributed by atoms with Crippen LogP contribution < -0.4 is 4.74 Å². The standard InChI is InChI=1S/C16H22O3/c1-14(2,3)10-8-7-9-11-12(10)16(18,13(17)19-11)15(4,5)6/h7-9,18H,1-6H3. The van der Waals surface area contributed by atoms with Crippen molar-refractivity contribution < 1.29 is 14.6 Å². The summed E-state index contributed by atoms with van der Waals surface area (Å²) < 4.78 is 5.30. The van der Waals surface area contributed by atoms with Gasteiger partial charge in [0.1, 0.15) is 5.75 Å². The van der Waals surface area contributed by atoms with Gasteiger partial charge in [0.05, 0.1) is 0 Å². The third-order valence-corrected chi connectivity index (χ3v) is 3.78. The Kier molecular flexibility index (Phi) is 2.83. The van der Waals surface area contributed by atoms with Crippen LogP contribution in [0.25, 0.3) is 0 Å². The van der Waals surface area contributed by atoms with E-state index in [2.05, 4.69) is 20.8 Å². The molecule has 1 unspecified atom stereocenters. The van der Waals surface area contributed by atoms with Crippen LogP contribution in [-0.4, -0.2) is 11.1 Å². The molecule has 0 aliphatic carbocycles. The molecule has 1 aromatic carbocycles. The molecule has 3 heteroatoms. The summed E-state index contributed by atoms with van der Waals surface area (Å²) in [6, 6.07) is 5.56. The van der Waals surface area contributed by atoms with Gasteiger partial charge in [0.15, 0.2) is 5.60 Å². The van der Waals surface area contributed by atoms with Gasteiger partial charge in [-0.3, -0.25) is 0 Å². The fourth-order valence-corrected chi connectivity index (χ4v) is 2.57. The zero-order chi connectivity index (χ0) is 14.6. The number of rotatable bonds is 0. The summed E-state index contributed by atoms with van der Waals surface area (Å²) in [5.74, 6) is -0.0958. The average molecular weight is 262 g/mol. The third-order valence-electron chi connectivity index (χ3n) is 3.78. The summed E-state index contributed by atoms with van der Waals surface area (Å²) in [5, 5.41) is 11.0. The number of carbonyl (C=O) groups is 1. The number of benzene rings is 1. The smallest absolute Gasteiger partial charge is 0.348 e. The lowest BCUT2D eigenvalue weighted by atomic mass is 9.68. The first-order valence-electron chi connectivity index (χ1n) is 6.58. The van der Waals surface area contributed by atoms with Crippen LogP contribution in [0, 0.1) is 5.41 Å². The SMILES string of the molecule is CC(C)(C)c1cccc2c1C(O)(C(C)(C)C)C(=O)O2. The summed E-state index contributed by atoms with van der Waals surface area (Å²) in [5.41, 5.74) is -0.810. The second-order valence-corrected chi connectivity index (χ2v) is 7.28. The van der Waals surface area contributed by atoms with Crippen molar-refractivity contribution in [1.29, 1.82) is 0 Å². The lowest BCUT2D eigenvalue weighted by molar-refractivity contribution is -0.164. The quantitative estimate of drug-likeness (QED) is 0.577. The minimum Gasteiger partial charge on any atom is -0.424 e. The Labute approximate surface area is 114 Å². The molecule has 1 aromatic rings. The van der Waals surface area contributed by atoms with E-state index >= 15 is 0 Å². The first-order chi connectivity index (χ1) is 8.49. The first-order valence-corrected chi connectivity index (χ1v) is 6.58. The Bertz CT molecular complexity index is 532. The molecule has 0 amide bonds. The molecule has 1 N–H and O–H groups in total. The number of carbonyl (C=O) groups excluding carboxylic acids is 1. The van der Waals surface area contributed by atoms with Gasteiger partial charge in [-0.2, -0.15) is 0 Å². The molecule has 3 nitrogen and oxygen atoms in total. The molecule has 1 aliphatic heterocycles. The maximum atomic E-state index is 12.2. The number of ether oxygens (including phenoxy) is 1. The lowest BCUT2D eigenvalue weighted by Gasteiger charge is -2.36. The summed E-state index contributed by atoms with van der Waals surface area (Å²) >= 11 is 0. The molecule has 0 bridgehead atoms. The topological polar surface area (TPSA) is 46.5 Å². The predicted molar refractivity (Wildman–Crippen MR) is 74.1 cm³/mol. The van der Waals surface area contributed by atoms with Gasteiger partial charge in [-0.05, 0) is 17.0 Å². The van der Waals surface area contributed by atoms with Crippen LogP contribution in [0.15, 0.2) is 18.2 Å². The summed E-state index contributed by atoms with van der Waals surface area (Å²) in [7, 11) is 0. The van der Waals surface area contributed by atoms with Crippen LogP contribution in [0.1, 0.15) is 52.7 Å². The normalized spacial score (nSPS) is 23.2. The lowest BCUT2D eigenvalue weighted by Crippen LogP contribution is -2.46. The highest BCUT2D eigenvalue weighted by molar-refractivity contribution is 5.90. The van der Waals surface area contributed by atoms with E-state index in [1.807, 2.05) is 32.9 Å². The van der Waals surface area contributed by atoms with Gasteiger partial charge in [0, 0.05) is 11.0 Å². The molecule has 0 fully saturated rings. The molecule has 0 saturated carbocycles. The van der Waals surface area contributed by atoms with Gasteiger partial charge in [0.25, 0.3) is 0 Å². The summed E-state index contributed by atoms with van der Waals surface area (Å²) in [4.78, 5) is 12.2. The van der Waals surface area contributed by atoms with Crippen LogP contribution in [0.3, 0.4) is 0 Å². The Hall–Kier alpha value is -1.35. The molecule has 2 rings (SSSR count). The Morgan fingerprint density at radius 3 is 2.16 bits per heavy atom. The average Bonchev–Trinajstić information content (AvgIpc) is 2.50. The molecule has 0 spiro atoms. The van der Waals surface area contributed by atoms with Crippen molar-refractivity contribution in [3.05, 3.63) is 29.3 Å². The van der Waals surface area contributed by atoms with Crippen LogP contribution in [0.4, 0.5) is 0 Å². The van der Waals surface area contributed by atoms with Gasteiger partial charge in [-0.1, -0.05) is 53.7 Å². The molecule has 1 heterocycles. The maximum absolute atomic E-state index is 12.2. The third kappa shape index (κ3) is 1.88. The van der Waals surface area contributed by atoms with Crippen molar-refractivity contribution in [2.75, 3.05) is 0 Å². The highest BCUT2D eigenvalue weighted by atomic mass is 16.6. The highest BCUT2D eigenvalue weighted by Crippen LogP contribution is 2.51. The number of hydrogen-bond acceptors (Lipinski definition) is 3. The van der Waals surface area contributed by atoms with Gasteiger partial charge < -0.3 is 9.84 Å². The van der Waals surface area contributed by atoms with Crippen molar-refractivity contribution in [3.8, 4) is 5.75 Å². The monoisotopic (exact) mass is 262 g/mol. The van der Waals surface area contributed by atoms with Crippen LogP contribution >= 0.6 is 0 Å². The van der Waals surface area contributed by atoms with Gasteiger partial charge >= 0.3 is 5.97 Å². The van der Waals surface area contributed by atoms with E-state index in [0.717, 1.165) is 5.56 Å². The second-order valence-electron chi connectivity index (χ2n) is 7.28. The fraction of sp³-hybridized carbons (Fsp3) is 0.562. The van der Waals surface area contributed by atoms with Crippen LogP contribution in [0.2, 0.25) is 0 Å². The highest BCUT2D eigenvalue weighted by Gasteiger charge is 2.57. The summed E-state index contributed by atoms with van der Waals surface area (Å²) in [6.45, 7) is 11.7. The van der Waals surface area contributed by atoms with Gasteiger partial charge in [-0.15, -0.1) is 0 Å². The van der Waals surface area contributed by atoms with E-state index in [1.165, 1.54) is 0 Å². The molecule has 0 radical (unpaired) electrons. The maximum Gasteiger partial charge on any atom is 0.348 e. The Morgan fingerprint density at radius 1 is 1.11 bits per heavy atom.